The Kier molecular flexibility index (Phi) is 7.13. The average Bonchev–Trinajstić information content (AvgIpc) is 3.51. The van der Waals surface area contributed by atoms with Crippen molar-refractivity contribution < 1.29 is 19.2 Å². The number of hydrogen-bond acceptors (Lipinski definition) is 4. The maximum Gasteiger partial charge on any atom is 0.253 e. The van der Waals surface area contributed by atoms with E-state index in [9.17, 15) is 19.2 Å². The molecule has 0 aromatic heterocycles. The van der Waals surface area contributed by atoms with Crippen molar-refractivity contribution >= 4 is 23.5 Å². The maximum absolute atomic E-state index is 13.3. The van der Waals surface area contributed by atoms with Crippen molar-refractivity contribution in [1.82, 2.24) is 14.7 Å². The van der Waals surface area contributed by atoms with Crippen LogP contribution in [-0.2, 0) is 16.0 Å². The molecule has 194 valence electrons. The topological polar surface area (TPSA) is 78.0 Å². The highest BCUT2D eigenvalue weighted by Crippen LogP contribution is 2.41. The molecule has 3 amide bonds. The number of Topliss-reactive ketones (excluding diaryl/α,β-unsaturated/α-hetero) is 1. The molecule has 3 heterocycles. The normalized spacial score (nSPS) is 21.1. The minimum absolute atomic E-state index is 0.00376. The van der Waals surface area contributed by atoms with Crippen LogP contribution in [0, 0.1) is 11.3 Å². The summed E-state index contributed by atoms with van der Waals surface area (Å²) in [4.78, 5) is 56.1. The highest BCUT2D eigenvalue weighted by Gasteiger charge is 2.45. The van der Waals surface area contributed by atoms with Crippen LogP contribution in [0.5, 0.6) is 0 Å². The van der Waals surface area contributed by atoms with Gasteiger partial charge in [0.1, 0.15) is 0 Å². The van der Waals surface area contributed by atoms with Gasteiger partial charge in [-0.15, -0.1) is 0 Å². The van der Waals surface area contributed by atoms with E-state index in [-0.39, 0.29) is 34.8 Å². The SMILES string of the molecule is CC(=O)c1ccc(C(=O)N2CCC3(CC2)CCN(C(=O)C2CC(=O)N(CCc4ccccc4)C2)C3)cc1. The van der Waals surface area contributed by atoms with Gasteiger partial charge < -0.3 is 14.7 Å². The molecule has 1 unspecified atom stereocenters. The Balaban J connectivity index is 1.11. The molecule has 0 saturated carbocycles. The fourth-order valence-electron chi connectivity index (χ4n) is 6.07. The van der Waals surface area contributed by atoms with E-state index in [1.165, 1.54) is 12.5 Å². The molecule has 7 heteroatoms. The van der Waals surface area contributed by atoms with E-state index in [4.69, 9.17) is 0 Å². The van der Waals surface area contributed by atoms with Crippen LogP contribution in [0.15, 0.2) is 54.6 Å². The standard InChI is InChI=1S/C30H35N3O4/c1-22(34)24-7-9-25(10-8-24)28(36)31-16-12-30(13-17-31)14-18-33(21-30)29(37)26-19-27(35)32(20-26)15-11-23-5-3-2-4-6-23/h2-10,26H,11-21H2,1H3. The molecule has 7 nitrogen and oxygen atoms in total. The van der Waals surface area contributed by atoms with Crippen LogP contribution in [0.4, 0.5) is 0 Å². The monoisotopic (exact) mass is 501 g/mol. The lowest BCUT2D eigenvalue weighted by atomic mass is 9.77. The molecule has 0 bridgehead atoms. The van der Waals surface area contributed by atoms with Crippen molar-refractivity contribution in [3.05, 3.63) is 71.3 Å². The molecule has 1 spiro atoms. The number of ketones is 1. The third kappa shape index (κ3) is 5.45. The zero-order valence-corrected chi connectivity index (χ0v) is 21.5. The zero-order valence-electron chi connectivity index (χ0n) is 21.5. The number of likely N-dealkylation sites (tertiary alicyclic amines) is 3. The minimum atomic E-state index is -0.252. The molecule has 0 radical (unpaired) electrons. The summed E-state index contributed by atoms with van der Waals surface area (Å²) in [7, 11) is 0. The third-order valence-corrected chi connectivity index (χ3v) is 8.48. The molecule has 0 aliphatic carbocycles. The van der Waals surface area contributed by atoms with Crippen LogP contribution in [0.1, 0.15) is 58.9 Å². The summed E-state index contributed by atoms with van der Waals surface area (Å²) in [6, 6.07) is 17.0. The first-order valence-electron chi connectivity index (χ1n) is 13.3. The predicted molar refractivity (Wildman–Crippen MR) is 140 cm³/mol. The predicted octanol–water partition coefficient (Wildman–Crippen LogP) is 3.44. The van der Waals surface area contributed by atoms with E-state index in [1.807, 2.05) is 32.9 Å². The van der Waals surface area contributed by atoms with Crippen LogP contribution in [0.25, 0.3) is 0 Å². The number of hydrogen-bond donors (Lipinski definition) is 0. The molecule has 5 rings (SSSR count). The Morgan fingerprint density at radius 3 is 2.14 bits per heavy atom. The van der Waals surface area contributed by atoms with Gasteiger partial charge in [-0.3, -0.25) is 19.2 Å². The van der Waals surface area contributed by atoms with Crippen LogP contribution in [0.2, 0.25) is 0 Å². The lowest BCUT2D eigenvalue weighted by Crippen LogP contribution is -2.45. The minimum Gasteiger partial charge on any atom is -0.342 e. The number of piperidine rings is 1. The maximum atomic E-state index is 13.3. The van der Waals surface area contributed by atoms with Gasteiger partial charge in [-0.25, -0.2) is 0 Å². The number of nitrogens with zero attached hydrogens (tertiary/aromatic N) is 3. The second-order valence-corrected chi connectivity index (χ2v) is 10.9. The van der Waals surface area contributed by atoms with Gasteiger partial charge in [0.2, 0.25) is 11.8 Å². The average molecular weight is 502 g/mol. The highest BCUT2D eigenvalue weighted by molar-refractivity contribution is 5.97. The summed E-state index contributed by atoms with van der Waals surface area (Å²) in [6.45, 7) is 5.47. The molecule has 3 fully saturated rings. The van der Waals surface area contributed by atoms with E-state index >= 15 is 0 Å². The van der Waals surface area contributed by atoms with Crippen molar-refractivity contribution in [3.8, 4) is 0 Å². The quantitative estimate of drug-likeness (QED) is 0.568. The van der Waals surface area contributed by atoms with Gasteiger partial charge in [0.25, 0.3) is 5.91 Å². The Hall–Kier alpha value is -3.48. The van der Waals surface area contributed by atoms with E-state index in [1.54, 1.807) is 24.3 Å². The van der Waals surface area contributed by atoms with E-state index in [2.05, 4.69) is 12.1 Å². The summed E-state index contributed by atoms with van der Waals surface area (Å²) in [6.07, 6.45) is 3.81. The van der Waals surface area contributed by atoms with Crippen molar-refractivity contribution in [2.45, 2.75) is 39.0 Å². The number of carbonyl (C=O) groups is 4. The van der Waals surface area contributed by atoms with Gasteiger partial charge >= 0.3 is 0 Å². The molecular formula is C30H35N3O4. The van der Waals surface area contributed by atoms with Gasteiger partial charge in [-0.2, -0.15) is 0 Å². The van der Waals surface area contributed by atoms with Crippen molar-refractivity contribution in [1.29, 1.82) is 0 Å². The van der Waals surface area contributed by atoms with Gasteiger partial charge in [-0.1, -0.05) is 42.5 Å². The number of carbonyl (C=O) groups excluding carboxylic acids is 4. The van der Waals surface area contributed by atoms with Gasteiger partial charge in [0.05, 0.1) is 5.92 Å². The van der Waals surface area contributed by atoms with Crippen LogP contribution < -0.4 is 0 Å². The van der Waals surface area contributed by atoms with E-state index in [0.717, 1.165) is 38.8 Å². The summed E-state index contributed by atoms with van der Waals surface area (Å²) in [5, 5.41) is 0. The number of benzene rings is 2. The Labute approximate surface area is 218 Å². The molecule has 37 heavy (non-hydrogen) atoms. The summed E-state index contributed by atoms with van der Waals surface area (Å²) >= 11 is 0. The van der Waals surface area contributed by atoms with Gasteiger partial charge in [0.15, 0.2) is 5.78 Å². The molecule has 1 atom stereocenters. The lowest BCUT2D eigenvalue weighted by Gasteiger charge is -2.39. The Morgan fingerprint density at radius 1 is 0.865 bits per heavy atom. The number of amides is 3. The molecule has 3 saturated heterocycles. The van der Waals surface area contributed by atoms with Crippen LogP contribution in [0.3, 0.4) is 0 Å². The summed E-state index contributed by atoms with van der Waals surface area (Å²) in [5.74, 6) is -0.0852. The van der Waals surface area contributed by atoms with Crippen LogP contribution >= 0.6 is 0 Å². The van der Waals surface area contributed by atoms with E-state index in [0.29, 0.717) is 43.7 Å². The highest BCUT2D eigenvalue weighted by atomic mass is 16.2. The van der Waals surface area contributed by atoms with Crippen molar-refractivity contribution in [2.75, 3.05) is 39.3 Å². The fourth-order valence-corrected chi connectivity index (χ4v) is 6.07. The molecule has 2 aromatic carbocycles. The zero-order chi connectivity index (χ0) is 26.0. The summed E-state index contributed by atoms with van der Waals surface area (Å²) < 4.78 is 0. The van der Waals surface area contributed by atoms with Crippen molar-refractivity contribution in [3.63, 3.8) is 0 Å². The second kappa shape index (κ2) is 10.5. The molecule has 2 aromatic rings. The summed E-state index contributed by atoms with van der Waals surface area (Å²) in [5.41, 5.74) is 2.46. The van der Waals surface area contributed by atoms with Gasteiger partial charge in [0, 0.05) is 56.8 Å². The Bertz CT molecular complexity index is 1170. The van der Waals surface area contributed by atoms with E-state index < -0.39 is 0 Å². The van der Waals surface area contributed by atoms with Gasteiger partial charge in [-0.05, 0) is 55.7 Å². The molecule has 3 aliphatic heterocycles. The first-order chi connectivity index (χ1) is 17.8. The lowest BCUT2D eigenvalue weighted by molar-refractivity contribution is -0.135. The van der Waals surface area contributed by atoms with Crippen molar-refractivity contribution in [2.24, 2.45) is 11.3 Å². The van der Waals surface area contributed by atoms with Crippen LogP contribution in [-0.4, -0.2) is 77.5 Å². The third-order valence-electron chi connectivity index (χ3n) is 8.48. The second-order valence-electron chi connectivity index (χ2n) is 10.9. The molecular weight excluding hydrogens is 466 g/mol. The molecule has 0 N–H and O–H groups in total. The first-order valence-corrected chi connectivity index (χ1v) is 13.3. The largest absolute Gasteiger partial charge is 0.342 e. The fraction of sp³-hybridized carbons (Fsp3) is 0.467. The number of rotatable bonds is 6. The first kappa shape index (κ1) is 25.2. The smallest absolute Gasteiger partial charge is 0.253 e. The molecule has 3 aliphatic rings. The Morgan fingerprint density at radius 2 is 1.49 bits per heavy atom.